The minimum absolute atomic E-state index is 0.0354. The predicted molar refractivity (Wildman–Crippen MR) is 135 cm³/mol. The molecule has 2 aliphatic rings. The van der Waals surface area contributed by atoms with Gasteiger partial charge < -0.3 is 11.1 Å². The molecule has 0 bridgehead atoms. The summed E-state index contributed by atoms with van der Waals surface area (Å²) in [4.78, 5) is 17.0. The third-order valence-electron chi connectivity index (χ3n) is 7.85. The minimum Gasteiger partial charge on any atom is -0.383 e. The van der Waals surface area contributed by atoms with E-state index in [9.17, 15) is 9.18 Å². The molecule has 7 heteroatoms. The Morgan fingerprint density at radius 1 is 1.31 bits per heavy atom. The van der Waals surface area contributed by atoms with Crippen molar-refractivity contribution in [3.8, 4) is 5.69 Å². The molecule has 2 aromatic heterocycles. The maximum absolute atomic E-state index is 13.4. The summed E-state index contributed by atoms with van der Waals surface area (Å²) >= 11 is 0. The van der Waals surface area contributed by atoms with E-state index in [1.54, 1.807) is 30.5 Å². The monoisotopic (exact) mass is 473 g/mol. The third kappa shape index (κ3) is 4.35. The summed E-state index contributed by atoms with van der Waals surface area (Å²) < 4.78 is 15.3. The van der Waals surface area contributed by atoms with Crippen molar-refractivity contribution in [2.75, 3.05) is 5.73 Å². The van der Waals surface area contributed by atoms with E-state index in [4.69, 9.17) is 5.73 Å². The first-order valence-corrected chi connectivity index (χ1v) is 12.4. The van der Waals surface area contributed by atoms with Crippen LogP contribution in [0.4, 0.5) is 10.2 Å². The molecule has 0 spiro atoms. The number of halogens is 1. The number of fused-ring (bicyclic) bond motifs is 2. The van der Waals surface area contributed by atoms with E-state index in [-0.39, 0.29) is 29.0 Å². The average molecular weight is 474 g/mol. The van der Waals surface area contributed by atoms with E-state index < -0.39 is 0 Å². The SMILES string of the molecule is CCCC(C[C@H]1CCC2=Cc3c(cnn3-c3ccc(F)cc3)C[C@@]21C)NC(=O)c1cccnc1N. The van der Waals surface area contributed by atoms with Gasteiger partial charge in [-0.1, -0.05) is 25.8 Å². The van der Waals surface area contributed by atoms with Gasteiger partial charge in [-0.25, -0.2) is 14.1 Å². The second kappa shape index (κ2) is 9.29. The van der Waals surface area contributed by atoms with Crippen LogP contribution in [0.1, 0.15) is 67.6 Å². The molecule has 0 aliphatic heterocycles. The van der Waals surface area contributed by atoms with Gasteiger partial charge in [-0.2, -0.15) is 5.10 Å². The molecule has 3 atom stereocenters. The van der Waals surface area contributed by atoms with Crippen molar-refractivity contribution in [2.45, 2.75) is 58.4 Å². The Bertz CT molecular complexity index is 1260. The second-order valence-corrected chi connectivity index (χ2v) is 10.1. The molecular formula is C28H32FN5O. The van der Waals surface area contributed by atoms with Crippen molar-refractivity contribution in [1.29, 1.82) is 0 Å². The molecule has 5 rings (SSSR count). The van der Waals surface area contributed by atoms with Gasteiger partial charge in [0.25, 0.3) is 5.91 Å². The Morgan fingerprint density at radius 3 is 2.86 bits per heavy atom. The Morgan fingerprint density at radius 2 is 2.11 bits per heavy atom. The Kier molecular flexibility index (Phi) is 6.17. The lowest BCUT2D eigenvalue weighted by atomic mass is 9.68. The number of allylic oxidation sites excluding steroid dienone is 1. The fraction of sp³-hybridized carbons (Fsp3) is 0.393. The van der Waals surface area contributed by atoms with Gasteiger partial charge in [0.2, 0.25) is 0 Å². The van der Waals surface area contributed by atoms with Crippen molar-refractivity contribution in [3.63, 3.8) is 0 Å². The van der Waals surface area contributed by atoms with Crippen LogP contribution in [-0.2, 0) is 6.42 Å². The van der Waals surface area contributed by atoms with Crippen molar-refractivity contribution in [1.82, 2.24) is 20.1 Å². The van der Waals surface area contributed by atoms with Gasteiger partial charge in [-0.15, -0.1) is 0 Å². The van der Waals surface area contributed by atoms with Crippen LogP contribution in [0, 0.1) is 17.2 Å². The van der Waals surface area contributed by atoms with Crippen LogP contribution in [0.25, 0.3) is 11.8 Å². The maximum atomic E-state index is 13.4. The maximum Gasteiger partial charge on any atom is 0.255 e. The summed E-state index contributed by atoms with van der Waals surface area (Å²) in [6.45, 7) is 4.51. The normalized spacial score (nSPS) is 21.7. The number of hydrogen-bond donors (Lipinski definition) is 2. The number of nitrogens with two attached hydrogens (primary N) is 1. The molecule has 0 saturated heterocycles. The molecular weight excluding hydrogens is 441 g/mol. The Labute approximate surface area is 205 Å². The van der Waals surface area contributed by atoms with Gasteiger partial charge in [0.1, 0.15) is 11.6 Å². The van der Waals surface area contributed by atoms with Gasteiger partial charge in [-0.3, -0.25) is 4.79 Å². The van der Waals surface area contributed by atoms with E-state index in [1.807, 2.05) is 10.9 Å². The summed E-state index contributed by atoms with van der Waals surface area (Å²) in [5.74, 6) is 0.314. The number of benzene rings is 1. The first-order valence-electron chi connectivity index (χ1n) is 12.4. The molecule has 0 radical (unpaired) electrons. The number of carbonyl (C=O) groups excluding carboxylic acids is 1. The number of amides is 1. The van der Waals surface area contributed by atoms with Crippen molar-refractivity contribution >= 4 is 17.8 Å². The molecule has 182 valence electrons. The van der Waals surface area contributed by atoms with E-state index in [0.717, 1.165) is 49.9 Å². The number of rotatable bonds is 7. The number of anilines is 1. The number of pyridine rings is 1. The molecule has 2 heterocycles. The molecule has 2 aliphatic carbocycles. The number of aromatic nitrogens is 3. The molecule has 1 amide bonds. The largest absolute Gasteiger partial charge is 0.383 e. The summed E-state index contributed by atoms with van der Waals surface area (Å²) in [6, 6.07) is 10.0. The fourth-order valence-corrected chi connectivity index (χ4v) is 5.91. The summed E-state index contributed by atoms with van der Waals surface area (Å²) in [5.41, 5.74) is 11.0. The van der Waals surface area contributed by atoms with Gasteiger partial charge in [0.15, 0.2) is 0 Å². The van der Waals surface area contributed by atoms with Crippen LogP contribution in [0.5, 0.6) is 0 Å². The smallest absolute Gasteiger partial charge is 0.255 e. The minimum atomic E-state index is -0.251. The second-order valence-electron chi connectivity index (χ2n) is 10.1. The lowest BCUT2D eigenvalue weighted by molar-refractivity contribution is 0.0921. The van der Waals surface area contributed by atoms with Gasteiger partial charge in [-0.05, 0) is 91.5 Å². The number of nitrogens with zero attached hydrogens (tertiary/aromatic N) is 3. The van der Waals surface area contributed by atoms with Crippen LogP contribution in [0.3, 0.4) is 0 Å². The standard InChI is InChI=1S/C28H32FN5O/c1-3-5-22(33-27(35)24-6-4-13-31-26(24)30)14-19-7-8-20-15-25-18(16-28(19,20)2)17-32-34(25)23-11-9-21(29)10-12-23/h4,6,9-13,15,17,19,22H,3,5,7-8,14,16H2,1-2H3,(H2,30,31)(H,33,35)/t19-,22?,28-/m1/s1. The zero-order chi connectivity index (χ0) is 24.6. The van der Waals surface area contributed by atoms with Crippen molar-refractivity contribution < 1.29 is 9.18 Å². The Hall–Kier alpha value is -3.48. The van der Waals surface area contributed by atoms with Crippen LogP contribution < -0.4 is 11.1 Å². The summed E-state index contributed by atoms with van der Waals surface area (Å²) in [7, 11) is 0. The van der Waals surface area contributed by atoms with E-state index >= 15 is 0 Å². The first-order chi connectivity index (χ1) is 16.9. The number of nitrogen functional groups attached to an aromatic ring is 1. The van der Waals surface area contributed by atoms with E-state index in [1.165, 1.54) is 23.3 Å². The van der Waals surface area contributed by atoms with Crippen LogP contribution >= 0.6 is 0 Å². The van der Waals surface area contributed by atoms with Crippen LogP contribution in [0.2, 0.25) is 0 Å². The fourth-order valence-electron chi connectivity index (χ4n) is 5.91. The van der Waals surface area contributed by atoms with Crippen LogP contribution in [0.15, 0.2) is 54.4 Å². The van der Waals surface area contributed by atoms with Crippen LogP contribution in [-0.4, -0.2) is 26.7 Å². The summed E-state index contributed by atoms with van der Waals surface area (Å²) in [5, 5.41) is 7.87. The molecule has 1 unspecified atom stereocenters. The number of hydrogen-bond acceptors (Lipinski definition) is 4. The predicted octanol–water partition coefficient (Wildman–Crippen LogP) is 5.33. The van der Waals surface area contributed by atoms with Gasteiger partial charge in [0, 0.05) is 12.2 Å². The average Bonchev–Trinajstić information content (AvgIpc) is 3.38. The zero-order valence-electron chi connectivity index (χ0n) is 20.3. The highest BCUT2D eigenvalue weighted by molar-refractivity contribution is 5.98. The molecule has 1 fully saturated rings. The van der Waals surface area contributed by atoms with Crippen molar-refractivity contribution in [2.24, 2.45) is 11.3 Å². The third-order valence-corrected chi connectivity index (χ3v) is 7.85. The first kappa shape index (κ1) is 23.3. The highest BCUT2D eigenvalue weighted by Gasteiger charge is 2.46. The lowest BCUT2D eigenvalue weighted by Crippen LogP contribution is -2.39. The highest BCUT2D eigenvalue weighted by Crippen LogP contribution is 2.54. The molecule has 6 nitrogen and oxygen atoms in total. The van der Waals surface area contributed by atoms with Crippen molar-refractivity contribution in [3.05, 3.63) is 77.0 Å². The molecule has 3 aromatic rings. The molecule has 1 aromatic carbocycles. The summed E-state index contributed by atoms with van der Waals surface area (Å²) in [6.07, 6.45) is 11.7. The molecule has 1 saturated carbocycles. The van der Waals surface area contributed by atoms with E-state index in [0.29, 0.717) is 11.5 Å². The zero-order valence-corrected chi connectivity index (χ0v) is 20.3. The number of carbonyl (C=O) groups is 1. The highest BCUT2D eigenvalue weighted by atomic mass is 19.1. The van der Waals surface area contributed by atoms with E-state index in [2.05, 4.69) is 35.3 Å². The lowest BCUT2D eigenvalue weighted by Gasteiger charge is -2.37. The number of nitrogens with one attached hydrogen (secondary N) is 1. The Balaban J connectivity index is 1.35. The molecule has 35 heavy (non-hydrogen) atoms. The van der Waals surface area contributed by atoms with Gasteiger partial charge in [0.05, 0.1) is 23.1 Å². The van der Waals surface area contributed by atoms with Gasteiger partial charge >= 0.3 is 0 Å². The molecule has 3 N–H and O–H groups in total. The quantitative estimate of drug-likeness (QED) is 0.485. The topological polar surface area (TPSA) is 85.8 Å².